The van der Waals surface area contributed by atoms with Gasteiger partial charge in [0, 0.05) is 18.5 Å². The van der Waals surface area contributed by atoms with Crippen molar-refractivity contribution in [1.29, 1.82) is 0 Å². The molecule has 0 saturated heterocycles. The van der Waals surface area contributed by atoms with Crippen LogP contribution >= 0.6 is 0 Å². The molecule has 2 heterocycles. The van der Waals surface area contributed by atoms with Crippen molar-refractivity contribution in [3.63, 3.8) is 0 Å². The fourth-order valence-electron chi connectivity index (χ4n) is 1.46. The highest BCUT2D eigenvalue weighted by molar-refractivity contribution is 5.30. The van der Waals surface area contributed by atoms with Crippen molar-refractivity contribution in [2.75, 3.05) is 0 Å². The lowest BCUT2D eigenvalue weighted by atomic mass is 10.2. The normalized spacial score (nSPS) is 15.2. The summed E-state index contributed by atoms with van der Waals surface area (Å²) in [7, 11) is 0. The molecule has 0 bridgehead atoms. The van der Waals surface area contributed by atoms with Crippen LogP contribution in [0.3, 0.4) is 0 Å². The number of aromatic nitrogens is 3. The predicted octanol–water partition coefficient (Wildman–Crippen LogP) is 1.82. The van der Waals surface area contributed by atoms with Crippen LogP contribution in [0.2, 0.25) is 0 Å². The third-order valence-corrected chi connectivity index (χ3v) is 2.10. The van der Waals surface area contributed by atoms with E-state index in [9.17, 15) is 0 Å². The van der Waals surface area contributed by atoms with E-state index >= 15 is 0 Å². The molecule has 12 heavy (non-hydrogen) atoms. The Morgan fingerprint density at radius 2 is 2.25 bits per heavy atom. The Morgan fingerprint density at radius 3 is 3.00 bits per heavy atom. The molecule has 3 nitrogen and oxygen atoms in total. The van der Waals surface area contributed by atoms with Gasteiger partial charge >= 0.3 is 0 Å². The first-order valence-corrected chi connectivity index (χ1v) is 4.39. The predicted molar refractivity (Wildman–Crippen MR) is 47.8 cm³/mol. The van der Waals surface area contributed by atoms with E-state index in [1.807, 2.05) is 0 Å². The van der Waals surface area contributed by atoms with Gasteiger partial charge in [0.15, 0.2) is 0 Å². The molecule has 0 unspecified atom stereocenters. The molecule has 64 valence electrons. The van der Waals surface area contributed by atoms with Gasteiger partial charge in [-0.3, -0.25) is 4.57 Å². The number of allylic oxidation sites excluding steroid dienone is 1. The highest BCUT2D eigenvalue weighted by atomic mass is 15.3. The second-order valence-electron chi connectivity index (χ2n) is 3.42. The fourth-order valence-corrected chi connectivity index (χ4v) is 1.46. The van der Waals surface area contributed by atoms with Crippen molar-refractivity contribution in [2.45, 2.75) is 32.6 Å². The van der Waals surface area contributed by atoms with Crippen molar-refractivity contribution in [3.8, 4) is 0 Å². The molecule has 0 amide bonds. The van der Waals surface area contributed by atoms with Crippen LogP contribution in [-0.4, -0.2) is 14.8 Å². The zero-order valence-corrected chi connectivity index (χ0v) is 7.49. The Hall–Kier alpha value is -1.12. The van der Waals surface area contributed by atoms with Gasteiger partial charge in [0.25, 0.3) is 0 Å². The number of nitrogens with zero attached hydrogens (tertiary/aromatic N) is 3. The Kier molecular flexibility index (Phi) is 1.71. The molecule has 0 fully saturated rings. The Balaban J connectivity index is 2.47. The maximum absolute atomic E-state index is 4.16. The smallest absolute Gasteiger partial charge is 0.139 e. The highest BCUT2D eigenvalue weighted by Gasteiger charge is 2.14. The summed E-state index contributed by atoms with van der Waals surface area (Å²) >= 11 is 0. The van der Waals surface area contributed by atoms with Gasteiger partial charge in [0.05, 0.1) is 0 Å². The molecule has 0 saturated carbocycles. The van der Waals surface area contributed by atoms with E-state index in [-0.39, 0.29) is 0 Å². The monoisotopic (exact) mass is 163 g/mol. The quantitative estimate of drug-likeness (QED) is 0.632. The molecule has 1 aliphatic rings. The lowest BCUT2D eigenvalue weighted by Crippen LogP contribution is -2.05. The van der Waals surface area contributed by atoms with Crippen LogP contribution in [0.4, 0.5) is 0 Å². The second-order valence-corrected chi connectivity index (χ2v) is 3.42. The number of rotatable bonds is 1. The van der Waals surface area contributed by atoms with Gasteiger partial charge in [0.1, 0.15) is 11.6 Å². The van der Waals surface area contributed by atoms with Crippen molar-refractivity contribution in [3.05, 3.63) is 17.7 Å². The minimum atomic E-state index is 0.453. The van der Waals surface area contributed by atoms with Crippen LogP contribution in [-0.2, 0) is 6.42 Å². The van der Waals surface area contributed by atoms with Crippen molar-refractivity contribution >= 4 is 6.20 Å². The SMILES string of the molecule is CC(C)c1nnc2n1C=CCC2. The standard InChI is InChI=1S/C9H13N3/c1-7(2)9-11-10-8-5-3-4-6-12(8)9/h4,6-7H,3,5H2,1-2H3. The van der Waals surface area contributed by atoms with E-state index in [4.69, 9.17) is 0 Å². The summed E-state index contributed by atoms with van der Waals surface area (Å²) in [6.45, 7) is 4.28. The molecular formula is C9H13N3. The lowest BCUT2D eigenvalue weighted by Gasteiger charge is -2.09. The Labute approximate surface area is 72.1 Å². The van der Waals surface area contributed by atoms with Gasteiger partial charge in [0.2, 0.25) is 0 Å². The summed E-state index contributed by atoms with van der Waals surface area (Å²) in [6, 6.07) is 0. The van der Waals surface area contributed by atoms with Gasteiger partial charge in [-0.25, -0.2) is 0 Å². The fraction of sp³-hybridized carbons (Fsp3) is 0.556. The van der Waals surface area contributed by atoms with Crippen LogP contribution in [0.5, 0.6) is 0 Å². The molecular weight excluding hydrogens is 150 g/mol. The van der Waals surface area contributed by atoms with Crippen molar-refractivity contribution < 1.29 is 0 Å². The van der Waals surface area contributed by atoms with E-state index in [1.54, 1.807) is 0 Å². The zero-order valence-electron chi connectivity index (χ0n) is 7.49. The molecule has 1 aliphatic heterocycles. The molecule has 0 aliphatic carbocycles. The molecule has 0 N–H and O–H groups in total. The minimum Gasteiger partial charge on any atom is -0.290 e. The highest BCUT2D eigenvalue weighted by Crippen LogP contribution is 2.17. The zero-order chi connectivity index (χ0) is 8.55. The van der Waals surface area contributed by atoms with Gasteiger partial charge in [-0.15, -0.1) is 10.2 Å². The van der Waals surface area contributed by atoms with E-state index in [2.05, 4.69) is 40.9 Å². The van der Waals surface area contributed by atoms with Gasteiger partial charge in [-0.1, -0.05) is 19.9 Å². The first-order valence-electron chi connectivity index (χ1n) is 4.39. The van der Waals surface area contributed by atoms with Crippen LogP contribution in [0.25, 0.3) is 6.20 Å². The summed E-state index contributed by atoms with van der Waals surface area (Å²) in [4.78, 5) is 0. The summed E-state index contributed by atoms with van der Waals surface area (Å²) in [5, 5.41) is 8.30. The summed E-state index contributed by atoms with van der Waals surface area (Å²) in [6.07, 6.45) is 6.36. The lowest BCUT2D eigenvalue weighted by molar-refractivity contribution is 0.740. The molecule has 2 rings (SSSR count). The third-order valence-electron chi connectivity index (χ3n) is 2.10. The number of hydrogen-bond donors (Lipinski definition) is 0. The average molecular weight is 163 g/mol. The Morgan fingerprint density at radius 1 is 1.42 bits per heavy atom. The minimum absolute atomic E-state index is 0.453. The number of hydrogen-bond acceptors (Lipinski definition) is 2. The largest absolute Gasteiger partial charge is 0.290 e. The van der Waals surface area contributed by atoms with Gasteiger partial charge in [-0.05, 0) is 6.42 Å². The molecule has 0 spiro atoms. The van der Waals surface area contributed by atoms with Gasteiger partial charge in [-0.2, -0.15) is 0 Å². The second kappa shape index (κ2) is 2.73. The van der Waals surface area contributed by atoms with Gasteiger partial charge < -0.3 is 0 Å². The van der Waals surface area contributed by atoms with E-state index in [0.717, 1.165) is 24.5 Å². The molecule has 1 aromatic rings. The maximum Gasteiger partial charge on any atom is 0.139 e. The van der Waals surface area contributed by atoms with Crippen LogP contribution in [0.15, 0.2) is 6.08 Å². The summed E-state index contributed by atoms with van der Waals surface area (Å²) in [5.74, 6) is 2.62. The molecule has 0 aromatic carbocycles. The third kappa shape index (κ3) is 1.05. The van der Waals surface area contributed by atoms with E-state index in [0.29, 0.717) is 5.92 Å². The average Bonchev–Trinajstić information content (AvgIpc) is 2.47. The van der Waals surface area contributed by atoms with Crippen LogP contribution < -0.4 is 0 Å². The molecule has 0 radical (unpaired) electrons. The van der Waals surface area contributed by atoms with Crippen LogP contribution in [0, 0.1) is 0 Å². The molecule has 1 aromatic heterocycles. The Bertz CT molecular complexity index is 310. The topological polar surface area (TPSA) is 30.7 Å². The van der Waals surface area contributed by atoms with Crippen LogP contribution in [0.1, 0.15) is 37.8 Å². The molecule has 3 heteroatoms. The first kappa shape index (κ1) is 7.53. The van der Waals surface area contributed by atoms with E-state index < -0.39 is 0 Å². The van der Waals surface area contributed by atoms with E-state index in [1.165, 1.54) is 0 Å². The summed E-state index contributed by atoms with van der Waals surface area (Å²) < 4.78 is 2.11. The first-order chi connectivity index (χ1) is 5.79. The number of aryl methyl sites for hydroxylation is 1. The van der Waals surface area contributed by atoms with Crippen molar-refractivity contribution in [2.24, 2.45) is 0 Å². The summed E-state index contributed by atoms with van der Waals surface area (Å²) in [5.41, 5.74) is 0. The molecule has 0 atom stereocenters. The number of fused-ring (bicyclic) bond motifs is 1. The maximum atomic E-state index is 4.16. The van der Waals surface area contributed by atoms with Crippen molar-refractivity contribution in [1.82, 2.24) is 14.8 Å².